The first-order chi connectivity index (χ1) is 35.9. The first-order valence-electron chi connectivity index (χ1n) is 25.7. The molecule has 0 bridgehead atoms. The van der Waals surface area contributed by atoms with Gasteiger partial charge in [-0.05, 0) is 116 Å². The van der Waals surface area contributed by atoms with Crippen LogP contribution in [0.1, 0.15) is 98.3 Å². The largest absolute Gasteiger partial charge is 0.493 e. The zero-order valence-corrected chi connectivity index (χ0v) is 43.8. The third-order valence-corrected chi connectivity index (χ3v) is 17.2. The van der Waals surface area contributed by atoms with Crippen LogP contribution >= 0.6 is 0 Å². The van der Waals surface area contributed by atoms with E-state index in [4.69, 9.17) is 14.2 Å². The minimum Gasteiger partial charge on any atom is -0.493 e. The minimum absolute atomic E-state index is 0.0112. The van der Waals surface area contributed by atoms with Crippen molar-refractivity contribution in [3.05, 3.63) is 136 Å². The normalized spacial score (nSPS) is 21.1. The number of pyridine rings is 1. The minimum atomic E-state index is -4.65. The lowest BCUT2D eigenvalue weighted by Gasteiger charge is -2.63. The molecule has 4 heterocycles. The highest BCUT2D eigenvalue weighted by molar-refractivity contribution is 7.90. The van der Waals surface area contributed by atoms with Gasteiger partial charge in [0, 0.05) is 87.3 Å². The number of methoxy groups -OCH3 is 2. The van der Waals surface area contributed by atoms with Gasteiger partial charge in [-0.15, -0.1) is 0 Å². The lowest BCUT2D eigenvalue weighted by molar-refractivity contribution is -0.384. The monoisotopic (exact) mass is 1040 g/mol. The standard InChI is InChI=1S/C56H65FN8O9S/c1-35(2)42-8-6-7-9-43(42)49-32-62(31-37-10-15-50(72-4)52(22-37)73-5)20-21-64(49)39-26-56(27-39)33-63(34-56)38-11-13-44(51(23-38)74-40-24-45-46(57)30-60-53(45)59-29-40)54(66)61-75(70,71)41-12-14-47(48(25-41)65(68)69)58-28-36-16-18-55(3,67)19-17-36/h6-15,22-25,29-30,35-36,39,49,58,67H,16-21,26-28,31-34H2,1-5H3,(H,59,60)(H,61,66). The van der Waals surface area contributed by atoms with Gasteiger partial charge >= 0.3 is 0 Å². The summed E-state index contributed by atoms with van der Waals surface area (Å²) in [6, 6.07) is 25.4. The molecule has 6 aromatic rings. The number of nitro benzene ring substituents is 1. The van der Waals surface area contributed by atoms with Crippen LogP contribution in [0.2, 0.25) is 0 Å². The van der Waals surface area contributed by atoms with Crippen LogP contribution < -0.4 is 29.1 Å². The number of piperazine rings is 1. The highest BCUT2D eigenvalue weighted by Crippen LogP contribution is 2.54. The number of nitrogens with one attached hydrogen (secondary N) is 3. The maximum absolute atomic E-state index is 14.7. The highest BCUT2D eigenvalue weighted by Gasteiger charge is 2.55. The Balaban J connectivity index is 0.848. The van der Waals surface area contributed by atoms with Crippen LogP contribution in [-0.4, -0.2) is 109 Å². The molecule has 1 amide bonds. The lowest BCUT2D eigenvalue weighted by Crippen LogP contribution is -2.68. The summed E-state index contributed by atoms with van der Waals surface area (Å²) in [5.74, 6) is 0.518. The summed E-state index contributed by atoms with van der Waals surface area (Å²) in [5.41, 5.74) is 3.85. The van der Waals surface area contributed by atoms with Crippen molar-refractivity contribution in [3.8, 4) is 23.0 Å². The van der Waals surface area contributed by atoms with Gasteiger partial charge in [-0.2, -0.15) is 0 Å². The Morgan fingerprint density at radius 3 is 2.47 bits per heavy atom. The summed E-state index contributed by atoms with van der Waals surface area (Å²) in [6.45, 7) is 11.8. The number of nitrogens with zero attached hydrogens (tertiary/aromatic N) is 5. The van der Waals surface area contributed by atoms with Crippen molar-refractivity contribution < 1.29 is 41.8 Å². The molecule has 2 aliphatic heterocycles. The molecule has 2 saturated carbocycles. The van der Waals surface area contributed by atoms with Crippen molar-refractivity contribution in [2.75, 3.05) is 63.7 Å². The van der Waals surface area contributed by atoms with E-state index in [9.17, 15) is 32.8 Å². The Morgan fingerprint density at radius 1 is 0.973 bits per heavy atom. The molecule has 4 N–H and O–H groups in total. The summed E-state index contributed by atoms with van der Waals surface area (Å²) in [7, 11) is -1.34. The number of hydrogen-bond donors (Lipinski definition) is 4. The fourth-order valence-corrected chi connectivity index (χ4v) is 12.7. The quantitative estimate of drug-likeness (QED) is 0.0496. The number of carbonyl (C=O) groups excluding carboxylic acids is 1. The number of ether oxygens (including phenoxy) is 3. The maximum Gasteiger partial charge on any atom is 0.293 e. The maximum atomic E-state index is 14.7. The molecule has 19 heteroatoms. The third-order valence-electron chi connectivity index (χ3n) is 15.9. The van der Waals surface area contributed by atoms with E-state index in [0.29, 0.717) is 42.7 Å². The number of aliphatic hydroxyl groups is 1. The topological polar surface area (TPSA) is 205 Å². The molecule has 396 valence electrons. The number of benzene rings is 4. The Hall–Kier alpha value is -6.80. The lowest BCUT2D eigenvalue weighted by atomic mass is 9.59. The number of carbonyl (C=O) groups is 1. The molecule has 4 fully saturated rings. The van der Waals surface area contributed by atoms with E-state index in [2.05, 4.69) is 85.0 Å². The van der Waals surface area contributed by atoms with Crippen LogP contribution in [0.25, 0.3) is 11.0 Å². The van der Waals surface area contributed by atoms with E-state index < -0.39 is 42.9 Å². The molecule has 1 spiro atoms. The Morgan fingerprint density at radius 2 is 1.73 bits per heavy atom. The van der Waals surface area contributed by atoms with Crippen molar-refractivity contribution >= 4 is 44.0 Å². The Labute approximate surface area is 436 Å². The van der Waals surface area contributed by atoms with Gasteiger partial charge < -0.3 is 34.5 Å². The predicted octanol–water partition coefficient (Wildman–Crippen LogP) is 9.54. The summed E-state index contributed by atoms with van der Waals surface area (Å²) in [6.07, 6.45) is 7.32. The van der Waals surface area contributed by atoms with Crippen molar-refractivity contribution in [2.24, 2.45) is 11.3 Å². The molecular formula is C56H65FN8O9S. The number of anilines is 2. The number of sulfonamides is 1. The number of amides is 1. The summed E-state index contributed by atoms with van der Waals surface area (Å²) in [4.78, 5) is 39.7. The van der Waals surface area contributed by atoms with E-state index >= 15 is 0 Å². The molecule has 4 aliphatic rings. The average molecular weight is 1050 g/mol. The number of H-pyrrole nitrogens is 1. The second kappa shape index (κ2) is 20.7. The van der Waals surface area contributed by atoms with Crippen LogP contribution in [0.5, 0.6) is 23.0 Å². The highest BCUT2D eigenvalue weighted by atomic mass is 32.2. The van der Waals surface area contributed by atoms with Gasteiger partial charge in [-0.1, -0.05) is 44.2 Å². The van der Waals surface area contributed by atoms with E-state index in [1.165, 1.54) is 53.3 Å². The van der Waals surface area contributed by atoms with Crippen LogP contribution in [0.4, 0.5) is 21.5 Å². The number of halogens is 1. The van der Waals surface area contributed by atoms with Gasteiger partial charge in [0.05, 0.1) is 46.8 Å². The molecule has 17 nitrogen and oxygen atoms in total. The summed E-state index contributed by atoms with van der Waals surface area (Å²) in [5, 5.41) is 25.8. The number of hydrogen-bond acceptors (Lipinski definition) is 14. The van der Waals surface area contributed by atoms with Gasteiger partial charge in [0.15, 0.2) is 11.5 Å². The first kappa shape index (κ1) is 51.7. The first-order valence-corrected chi connectivity index (χ1v) is 27.2. The number of rotatable bonds is 17. The molecule has 75 heavy (non-hydrogen) atoms. The van der Waals surface area contributed by atoms with Gasteiger partial charge in [0.1, 0.15) is 28.7 Å². The van der Waals surface area contributed by atoms with Crippen LogP contribution in [0.3, 0.4) is 0 Å². The van der Waals surface area contributed by atoms with E-state index in [-0.39, 0.29) is 45.5 Å². The summed E-state index contributed by atoms with van der Waals surface area (Å²) >= 11 is 0. The molecule has 2 aliphatic carbocycles. The van der Waals surface area contributed by atoms with Gasteiger partial charge in [-0.3, -0.25) is 24.7 Å². The Bertz CT molecular complexity index is 3220. The number of fused-ring (bicyclic) bond motifs is 1. The summed E-state index contributed by atoms with van der Waals surface area (Å²) < 4.78 is 61.9. The smallest absolute Gasteiger partial charge is 0.293 e. The van der Waals surface area contributed by atoms with Crippen molar-refractivity contribution in [2.45, 2.75) is 94.3 Å². The van der Waals surface area contributed by atoms with Crippen LogP contribution in [0.15, 0.2) is 102 Å². The van der Waals surface area contributed by atoms with Crippen LogP contribution in [0, 0.1) is 27.3 Å². The molecule has 1 unspecified atom stereocenters. The molecule has 4 aromatic carbocycles. The van der Waals surface area contributed by atoms with E-state index in [1.807, 2.05) is 6.07 Å². The SMILES string of the molecule is COc1ccc(CN2CCN(C3CC4(C3)CN(c3ccc(C(=O)NS(=O)(=O)c5ccc(NCC6CCC(C)(O)CC6)c([N+](=O)[O-])c5)c(Oc5cnc6[nH]cc(F)c6c5)c3)C4)C(c3ccccc3C(C)C)C2)cc1OC. The molecular weight excluding hydrogens is 980 g/mol. The average Bonchev–Trinajstić information content (AvgIpc) is 3.75. The zero-order valence-electron chi connectivity index (χ0n) is 43.0. The molecule has 2 aromatic heterocycles. The van der Waals surface area contributed by atoms with E-state index in [0.717, 1.165) is 82.5 Å². The van der Waals surface area contributed by atoms with Gasteiger partial charge in [0.25, 0.3) is 21.6 Å². The molecule has 1 atom stereocenters. The molecule has 10 rings (SSSR count). The zero-order chi connectivity index (χ0) is 52.8. The van der Waals surface area contributed by atoms with Crippen molar-refractivity contribution in [1.82, 2.24) is 24.5 Å². The van der Waals surface area contributed by atoms with Crippen molar-refractivity contribution in [3.63, 3.8) is 0 Å². The van der Waals surface area contributed by atoms with E-state index in [1.54, 1.807) is 33.3 Å². The number of nitro groups is 1. The predicted molar refractivity (Wildman–Crippen MR) is 284 cm³/mol. The van der Waals surface area contributed by atoms with Crippen molar-refractivity contribution in [1.29, 1.82) is 0 Å². The Kier molecular flexibility index (Phi) is 14.3. The molecule has 2 saturated heterocycles. The fourth-order valence-electron chi connectivity index (χ4n) is 11.8. The second-order valence-corrected chi connectivity index (χ2v) is 23.2. The van der Waals surface area contributed by atoms with Crippen LogP contribution in [-0.2, 0) is 16.6 Å². The van der Waals surface area contributed by atoms with Gasteiger partial charge in [0.2, 0.25) is 0 Å². The fraction of sp³-hybridized carbons (Fsp3) is 0.429. The van der Waals surface area contributed by atoms with Gasteiger partial charge in [-0.25, -0.2) is 22.5 Å². The number of aromatic nitrogens is 2. The second-order valence-electron chi connectivity index (χ2n) is 21.6. The third kappa shape index (κ3) is 10.9. The number of aromatic amines is 1. The molecule has 0 radical (unpaired) electrons.